The van der Waals surface area contributed by atoms with E-state index in [0.29, 0.717) is 0 Å². The van der Waals surface area contributed by atoms with Crippen molar-refractivity contribution >= 4 is 120 Å². The van der Waals surface area contributed by atoms with E-state index in [0.717, 1.165) is 38.8 Å². The fourth-order valence-electron chi connectivity index (χ4n) is 10.9. The zero-order valence-electron chi connectivity index (χ0n) is 31.5. The largest absolute Gasteiger partial charge is 0.454 e. The fraction of sp³-hybridized carbons (Fsp3) is 0. The minimum Gasteiger partial charge on any atom is -0.454 e. The molecule has 0 N–H and O–H groups in total. The Balaban J connectivity index is 1.12. The van der Waals surface area contributed by atoms with Gasteiger partial charge in [0, 0.05) is 65.2 Å². The summed E-state index contributed by atoms with van der Waals surface area (Å²) in [5.74, 6) is 0. The molecule has 0 atom stereocenters. The summed E-state index contributed by atoms with van der Waals surface area (Å²) >= 11 is 0. The first-order chi connectivity index (χ1) is 29.3. The van der Waals surface area contributed by atoms with Gasteiger partial charge in [-0.1, -0.05) is 109 Å². The van der Waals surface area contributed by atoms with Gasteiger partial charge in [0.05, 0.1) is 49.7 Å². The van der Waals surface area contributed by atoms with Gasteiger partial charge in [-0.3, -0.25) is 0 Å². The second-order valence-corrected chi connectivity index (χ2v) is 16.1. The average molecular weight is 751 g/mol. The van der Waals surface area contributed by atoms with Gasteiger partial charge in [-0.25, -0.2) is 0 Å². The number of benzene rings is 9. The number of furan rings is 1. The lowest BCUT2D eigenvalue weighted by Crippen LogP contribution is -1.97. The summed E-state index contributed by atoms with van der Waals surface area (Å²) in [5, 5.41) is 12.1. The number of aromatic nitrogens is 4. The van der Waals surface area contributed by atoms with E-state index in [2.05, 4.69) is 200 Å². The Morgan fingerprint density at radius 1 is 0.271 bits per heavy atom. The Morgan fingerprint density at radius 2 is 0.847 bits per heavy atom. The van der Waals surface area contributed by atoms with Crippen molar-refractivity contribution < 1.29 is 4.42 Å². The quantitative estimate of drug-likeness (QED) is 0.162. The van der Waals surface area contributed by atoms with Crippen molar-refractivity contribution in [3.05, 3.63) is 182 Å². The Morgan fingerprint density at radius 3 is 1.66 bits per heavy atom. The molecule has 0 amide bonds. The normalized spacial score (nSPS) is 12.7. The van der Waals surface area contributed by atoms with Crippen LogP contribution < -0.4 is 0 Å². The lowest BCUT2D eigenvalue weighted by Gasteiger charge is -2.12. The number of fused-ring (bicyclic) bond motifs is 18. The van der Waals surface area contributed by atoms with Crippen LogP contribution in [0.25, 0.3) is 132 Å². The van der Waals surface area contributed by atoms with Crippen LogP contribution in [-0.2, 0) is 0 Å². The van der Waals surface area contributed by atoms with Gasteiger partial charge < -0.3 is 22.4 Å². The molecule has 6 heterocycles. The Labute approximate surface area is 334 Å². The maximum absolute atomic E-state index is 6.91. The van der Waals surface area contributed by atoms with Gasteiger partial charge in [0.25, 0.3) is 0 Å². The molecule has 0 radical (unpaired) electrons. The number of hydrogen-bond donors (Lipinski definition) is 0. The maximum Gasteiger partial charge on any atom is 0.161 e. The molecule has 0 spiro atoms. The van der Waals surface area contributed by atoms with Crippen molar-refractivity contribution in [2.75, 3.05) is 0 Å². The van der Waals surface area contributed by atoms with Crippen molar-refractivity contribution in [1.82, 2.24) is 17.9 Å². The van der Waals surface area contributed by atoms with E-state index in [1.165, 1.54) is 92.7 Å². The minimum atomic E-state index is 0.905. The molecule has 9 aromatic carbocycles. The third-order valence-corrected chi connectivity index (χ3v) is 13.2. The number of hydrogen-bond acceptors (Lipinski definition) is 1. The first-order valence-corrected chi connectivity index (χ1v) is 20.3. The molecule has 0 saturated carbocycles. The van der Waals surface area contributed by atoms with Gasteiger partial charge in [-0.15, -0.1) is 0 Å². The van der Waals surface area contributed by atoms with Crippen molar-refractivity contribution in [2.24, 2.45) is 0 Å². The lowest BCUT2D eigenvalue weighted by atomic mass is 10.1. The Hall–Kier alpha value is -8.02. The van der Waals surface area contributed by atoms with E-state index >= 15 is 0 Å². The molecule has 6 aromatic heterocycles. The van der Waals surface area contributed by atoms with E-state index in [-0.39, 0.29) is 0 Å². The van der Waals surface area contributed by atoms with Gasteiger partial charge in [-0.2, -0.15) is 0 Å². The molecule has 272 valence electrons. The molecular weight excluding hydrogens is 721 g/mol. The van der Waals surface area contributed by atoms with Crippen LogP contribution in [0.5, 0.6) is 0 Å². The van der Waals surface area contributed by atoms with Crippen molar-refractivity contribution in [1.29, 1.82) is 0 Å². The minimum absolute atomic E-state index is 0.905. The van der Waals surface area contributed by atoms with Gasteiger partial charge >= 0.3 is 0 Å². The number of rotatable bonds is 2. The van der Waals surface area contributed by atoms with Crippen LogP contribution in [0, 0.1) is 0 Å². The van der Waals surface area contributed by atoms with E-state index in [4.69, 9.17) is 4.42 Å². The first kappa shape index (κ1) is 30.2. The van der Waals surface area contributed by atoms with Crippen molar-refractivity contribution in [3.8, 4) is 11.4 Å². The second kappa shape index (κ2) is 10.5. The molecule has 0 aliphatic carbocycles. The molecule has 5 nitrogen and oxygen atoms in total. The fourth-order valence-corrected chi connectivity index (χ4v) is 10.9. The molecule has 15 rings (SSSR count). The van der Waals surface area contributed by atoms with Crippen LogP contribution in [0.4, 0.5) is 0 Å². The van der Waals surface area contributed by atoms with Crippen LogP contribution in [-0.4, -0.2) is 17.9 Å². The lowest BCUT2D eigenvalue weighted by molar-refractivity contribution is 0.671. The molecule has 0 bridgehead atoms. The predicted molar refractivity (Wildman–Crippen MR) is 246 cm³/mol. The summed E-state index contributed by atoms with van der Waals surface area (Å²) in [6.45, 7) is 0. The maximum atomic E-state index is 6.91. The van der Waals surface area contributed by atoms with Crippen LogP contribution >= 0.6 is 0 Å². The predicted octanol–water partition coefficient (Wildman–Crippen LogP) is 14.3. The van der Waals surface area contributed by atoms with E-state index in [1.807, 2.05) is 0 Å². The first-order valence-electron chi connectivity index (χ1n) is 20.3. The van der Waals surface area contributed by atoms with Gasteiger partial charge in [0.2, 0.25) is 0 Å². The molecule has 0 unspecified atom stereocenters. The van der Waals surface area contributed by atoms with Gasteiger partial charge in [0.1, 0.15) is 11.1 Å². The molecule has 0 fully saturated rings. The zero-order valence-corrected chi connectivity index (χ0v) is 31.5. The zero-order chi connectivity index (χ0) is 38.1. The summed E-state index contributed by atoms with van der Waals surface area (Å²) in [6, 6.07) is 66.7. The van der Waals surface area contributed by atoms with E-state index in [9.17, 15) is 0 Å². The Kier molecular flexibility index (Phi) is 5.36. The summed E-state index contributed by atoms with van der Waals surface area (Å²) in [6.07, 6.45) is 0. The number of nitrogens with zero attached hydrogens (tertiary/aromatic N) is 4. The van der Waals surface area contributed by atoms with Gasteiger partial charge in [0.15, 0.2) is 5.58 Å². The standard InChI is InChI=1S/C54H30N4O/c1-2-13-31(14-3-1)55-43-20-8-4-15-33(43)36-26-25-32(27-47(36)55)56-44-21-9-5-16-34(44)39-29-49-40(30-48(39)56)38-19-12-23-46-51(38)58(49)53-52-41(35-17-6-10-22-45(35)57(46)52)28-42-37-18-7-11-24-50(37)59-54(42)53/h1-30H. The second-order valence-electron chi connectivity index (χ2n) is 16.1. The molecule has 0 aliphatic rings. The van der Waals surface area contributed by atoms with Crippen molar-refractivity contribution in [3.63, 3.8) is 0 Å². The number of para-hydroxylation sites is 6. The highest BCUT2D eigenvalue weighted by atomic mass is 16.3. The third kappa shape index (κ3) is 3.59. The molecule has 15 aromatic rings. The van der Waals surface area contributed by atoms with Crippen molar-refractivity contribution in [2.45, 2.75) is 0 Å². The molecule has 0 saturated heterocycles. The smallest absolute Gasteiger partial charge is 0.161 e. The van der Waals surface area contributed by atoms with Crippen LogP contribution in [0.2, 0.25) is 0 Å². The van der Waals surface area contributed by atoms with Crippen LogP contribution in [0.1, 0.15) is 0 Å². The van der Waals surface area contributed by atoms with Gasteiger partial charge in [-0.05, 0) is 72.8 Å². The third-order valence-electron chi connectivity index (χ3n) is 13.2. The molecular formula is C54H30N4O. The summed E-state index contributed by atoms with van der Waals surface area (Å²) in [7, 11) is 0. The highest BCUT2D eigenvalue weighted by Crippen LogP contribution is 2.47. The molecule has 0 aliphatic heterocycles. The highest BCUT2D eigenvalue weighted by Gasteiger charge is 2.26. The topological polar surface area (TPSA) is 31.8 Å². The molecule has 59 heavy (non-hydrogen) atoms. The van der Waals surface area contributed by atoms with E-state index in [1.54, 1.807) is 0 Å². The Bertz CT molecular complexity index is 4300. The highest BCUT2D eigenvalue weighted by molar-refractivity contribution is 6.30. The summed E-state index contributed by atoms with van der Waals surface area (Å²) in [5.41, 5.74) is 15.9. The van der Waals surface area contributed by atoms with Crippen LogP contribution in [0.3, 0.4) is 0 Å². The SMILES string of the molecule is c1ccc(-n2c3ccccc3c3ccc(-n4c5ccccc5c5cc6c(cc54)c4cccc5c4n6c4c6oc7ccccc7c6cc6c7ccccc7n5c64)cc32)cc1. The molecule has 5 heteroatoms. The van der Waals surface area contributed by atoms with E-state index < -0.39 is 0 Å². The monoisotopic (exact) mass is 750 g/mol. The summed E-state index contributed by atoms with van der Waals surface area (Å²) < 4.78 is 16.8. The summed E-state index contributed by atoms with van der Waals surface area (Å²) in [4.78, 5) is 0. The van der Waals surface area contributed by atoms with Crippen LogP contribution in [0.15, 0.2) is 186 Å². The average Bonchev–Trinajstić information content (AvgIpc) is 4.08.